The molecule has 0 saturated carbocycles. The number of nitrogens with one attached hydrogen (secondary N) is 1. The van der Waals surface area contributed by atoms with Crippen LogP contribution >= 0.6 is 0 Å². The van der Waals surface area contributed by atoms with E-state index in [-0.39, 0.29) is 6.10 Å². The second-order valence-corrected chi connectivity index (χ2v) is 6.22. The highest BCUT2D eigenvalue weighted by atomic mass is 16.5. The third kappa shape index (κ3) is 3.21. The Balaban J connectivity index is 1.61. The van der Waals surface area contributed by atoms with Crippen LogP contribution in [-0.2, 0) is 6.42 Å². The van der Waals surface area contributed by atoms with E-state index in [2.05, 4.69) is 68.6 Å². The van der Waals surface area contributed by atoms with Crippen LogP contribution in [0.3, 0.4) is 0 Å². The Labute approximate surface area is 127 Å². The summed E-state index contributed by atoms with van der Waals surface area (Å²) in [5.74, 6) is 1.60. The van der Waals surface area contributed by atoms with Gasteiger partial charge in [0.1, 0.15) is 11.9 Å². The van der Waals surface area contributed by atoms with Gasteiger partial charge in [-0.1, -0.05) is 43.7 Å². The topological polar surface area (TPSA) is 21.3 Å². The third-order valence-electron chi connectivity index (χ3n) is 4.04. The van der Waals surface area contributed by atoms with E-state index in [1.807, 2.05) is 0 Å². The summed E-state index contributed by atoms with van der Waals surface area (Å²) in [5.41, 5.74) is 5.18. The molecule has 0 bridgehead atoms. The Morgan fingerprint density at radius 3 is 2.86 bits per heavy atom. The van der Waals surface area contributed by atoms with Crippen molar-refractivity contribution in [1.82, 2.24) is 0 Å². The summed E-state index contributed by atoms with van der Waals surface area (Å²) < 4.78 is 6.00. The predicted octanol–water partition coefficient (Wildman–Crippen LogP) is 4.53. The number of fused-ring (bicyclic) bond motifs is 1. The molecule has 0 amide bonds. The van der Waals surface area contributed by atoms with E-state index in [0.717, 1.165) is 18.7 Å². The minimum absolute atomic E-state index is 0.226. The Bertz CT molecular complexity index is 633. The van der Waals surface area contributed by atoms with Crippen LogP contribution in [0.5, 0.6) is 5.75 Å². The second-order valence-electron chi connectivity index (χ2n) is 6.22. The van der Waals surface area contributed by atoms with Crippen molar-refractivity contribution in [3.8, 4) is 5.75 Å². The van der Waals surface area contributed by atoms with Crippen molar-refractivity contribution in [3.05, 3.63) is 59.2 Å². The first-order chi connectivity index (χ1) is 10.1. The van der Waals surface area contributed by atoms with E-state index in [1.165, 1.54) is 22.4 Å². The van der Waals surface area contributed by atoms with Crippen molar-refractivity contribution < 1.29 is 4.74 Å². The molecule has 0 fully saturated rings. The van der Waals surface area contributed by atoms with Gasteiger partial charge in [-0.3, -0.25) is 0 Å². The lowest BCUT2D eigenvalue weighted by atomic mass is 10.0. The number of hydrogen-bond donors (Lipinski definition) is 1. The number of benzene rings is 2. The lowest BCUT2D eigenvalue weighted by Crippen LogP contribution is -2.23. The van der Waals surface area contributed by atoms with E-state index >= 15 is 0 Å². The zero-order valence-corrected chi connectivity index (χ0v) is 13.0. The summed E-state index contributed by atoms with van der Waals surface area (Å²) >= 11 is 0. The maximum Gasteiger partial charge on any atom is 0.123 e. The van der Waals surface area contributed by atoms with Crippen molar-refractivity contribution >= 4 is 5.69 Å². The number of hydrogen-bond acceptors (Lipinski definition) is 2. The van der Waals surface area contributed by atoms with Crippen LogP contribution in [0.1, 0.15) is 36.5 Å². The van der Waals surface area contributed by atoms with Gasteiger partial charge in [0.15, 0.2) is 0 Å². The highest BCUT2D eigenvalue weighted by molar-refractivity contribution is 5.47. The zero-order chi connectivity index (χ0) is 14.8. The predicted molar refractivity (Wildman–Crippen MR) is 88.3 cm³/mol. The van der Waals surface area contributed by atoms with E-state index < -0.39 is 0 Å². The van der Waals surface area contributed by atoms with Gasteiger partial charge in [0, 0.05) is 12.1 Å². The number of ether oxygens (including phenoxy) is 1. The summed E-state index contributed by atoms with van der Waals surface area (Å²) in [6.07, 6.45) is 1.22. The summed E-state index contributed by atoms with van der Waals surface area (Å²) in [4.78, 5) is 0. The summed E-state index contributed by atoms with van der Waals surface area (Å²) in [6, 6.07) is 15.1. The average Bonchev–Trinajstić information content (AvgIpc) is 2.87. The molecule has 3 rings (SSSR count). The fraction of sp³-hybridized carbons (Fsp3) is 0.368. The van der Waals surface area contributed by atoms with Crippen LogP contribution in [0.15, 0.2) is 42.5 Å². The molecule has 2 aromatic carbocycles. The van der Waals surface area contributed by atoms with E-state index in [9.17, 15) is 0 Å². The summed E-state index contributed by atoms with van der Waals surface area (Å²) in [5, 5.41) is 3.51. The first kappa shape index (κ1) is 14.0. The van der Waals surface area contributed by atoms with Gasteiger partial charge in [0.05, 0.1) is 6.54 Å². The molecule has 1 heterocycles. The SMILES string of the molecule is Cc1ccc2c(c1)CC(CNc1cccc(C(C)C)c1)O2. The molecule has 0 aromatic heterocycles. The molecule has 1 aliphatic rings. The minimum Gasteiger partial charge on any atom is -0.488 e. The van der Waals surface area contributed by atoms with E-state index in [0.29, 0.717) is 5.92 Å². The highest BCUT2D eigenvalue weighted by Gasteiger charge is 2.22. The van der Waals surface area contributed by atoms with Crippen molar-refractivity contribution in [2.45, 2.75) is 39.2 Å². The van der Waals surface area contributed by atoms with E-state index in [4.69, 9.17) is 4.74 Å². The van der Waals surface area contributed by atoms with E-state index in [1.54, 1.807) is 0 Å². The molecule has 0 saturated heterocycles. The van der Waals surface area contributed by atoms with Crippen LogP contribution in [0.25, 0.3) is 0 Å². The number of anilines is 1. The zero-order valence-electron chi connectivity index (χ0n) is 13.0. The standard InChI is InChI=1S/C19H23NO/c1-13(2)15-5-4-6-17(10-15)20-12-18-11-16-9-14(3)7-8-19(16)21-18/h4-10,13,18,20H,11-12H2,1-3H3. The van der Waals surface area contributed by atoms with Gasteiger partial charge in [-0.25, -0.2) is 0 Å². The smallest absolute Gasteiger partial charge is 0.123 e. The summed E-state index contributed by atoms with van der Waals surface area (Å²) in [7, 11) is 0. The lowest BCUT2D eigenvalue weighted by Gasteiger charge is -2.14. The molecule has 110 valence electrons. The second kappa shape index (κ2) is 5.80. The molecule has 2 heteroatoms. The Hall–Kier alpha value is -1.96. The maximum absolute atomic E-state index is 6.00. The van der Waals surface area contributed by atoms with Crippen LogP contribution in [-0.4, -0.2) is 12.6 Å². The minimum atomic E-state index is 0.226. The summed E-state index contributed by atoms with van der Waals surface area (Å²) in [6.45, 7) is 7.41. The molecule has 1 N–H and O–H groups in total. The Morgan fingerprint density at radius 1 is 1.19 bits per heavy atom. The van der Waals surface area contributed by atoms with Crippen molar-refractivity contribution in [3.63, 3.8) is 0 Å². The van der Waals surface area contributed by atoms with Crippen LogP contribution in [0.2, 0.25) is 0 Å². The van der Waals surface area contributed by atoms with Crippen molar-refractivity contribution in [1.29, 1.82) is 0 Å². The Morgan fingerprint density at radius 2 is 2.05 bits per heavy atom. The molecule has 0 radical (unpaired) electrons. The molecule has 1 aliphatic heterocycles. The van der Waals surface area contributed by atoms with Gasteiger partial charge in [-0.05, 0) is 42.2 Å². The van der Waals surface area contributed by atoms with Gasteiger partial charge >= 0.3 is 0 Å². The van der Waals surface area contributed by atoms with Gasteiger partial charge in [-0.2, -0.15) is 0 Å². The van der Waals surface area contributed by atoms with Crippen LogP contribution < -0.4 is 10.1 Å². The molecule has 0 aliphatic carbocycles. The monoisotopic (exact) mass is 281 g/mol. The van der Waals surface area contributed by atoms with Crippen LogP contribution in [0, 0.1) is 6.92 Å². The normalized spacial score (nSPS) is 16.7. The molecule has 2 nitrogen and oxygen atoms in total. The molecular formula is C19H23NO. The molecule has 1 unspecified atom stereocenters. The number of aryl methyl sites for hydroxylation is 1. The number of rotatable bonds is 4. The first-order valence-corrected chi connectivity index (χ1v) is 7.72. The average molecular weight is 281 g/mol. The Kier molecular flexibility index (Phi) is 3.87. The molecule has 0 spiro atoms. The quantitative estimate of drug-likeness (QED) is 0.888. The molecule has 1 atom stereocenters. The van der Waals surface area contributed by atoms with Gasteiger partial charge < -0.3 is 10.1 Å². The fourth-order valence-electron chi connectivity index (χ4n) is 2.80. The fourth-order valence-corrected chi connectivity index (χ4v) is 2.80. The highest BCUT2D eigenvalue weighted by Crippen LogP contribution is 2.29. The molecular weight excluding hydrogens is 258 g/mol. The molecule has 21 heavy (non-hydrogen) atoms. The third-order valence-corrected chi connectivity index (χ3v) is 4.04. The lowest BCUT2D eigenvalue weighted by molar-refractivity contribution is 0.246. The van der Waals surface area contributed by atoms with Gasteiger partial charge in [0.25, 0.3) is 0 Å². The first-order valence-electron chi connectivity index (χ1n) is 7.72. The van der Waals surface area contributed by atoms with Crippen molar-refractivity contribution in [2.24, 2.45) is 0 Å². The van der Waals surface area contributed by atoms with Gasteiger partial charge in [0.2, 0.25) is 0 Å². The van der Waals surface area contributed by atoms with Gasteiger partial charge in [-0.15, -0.1) is 0 Å². The van der Waals surface area contributed by atoms with Crippen LogP contribution in [0.4, 0.5) is 5.69 Å². The maximum atomic E-state index is 6.00. The van der Waals surface area contributed by atoms with Crippen molar-refractivity contribution in [2.75, 3.05) is 11.9 Å². The molecule has 2 aromatic rings. The largest absolute Gasteiger partial charge is 0.488 e.